The average molecular weight is 258 g/mol. The summed E-state index contributed by atoms with van der Waals surface area (Å²) in [6.45, 7) is 0. The highest BCUT2D eigenvalue weighted by Gasteiger charge is 2.15. The van der Waals surface area contributed by atoms with Crippen LogP contribution in [0.5, 0.6) is 5.75 Å². The highest BCUT2D eigenvalue weighted by Crippen LogP contribution is 2.27. The van der Waals surface area contributed by atoms with Crippen LogP contribution in [-0.2, 0) is 0 Å². The van der Waals surface area contributed by atoms with Crippen molar-refractivity contribution in [3.05, 3.63) is 53.9 Å². The van der Waals surface area contributed by atoms with Gasteiger partial charge >= 0.3 is 5.97 Å². The van der Waals surface area contributed by atoms with Crippen LogP contribution < -0.4 is 5.32 Å². The summed E-state index contributed by atoms with van der Waals surface area (Å²) in [5, 5.41) is 21.0. The summed E-state index contributed by atoms with van der Waals surface area (Å²) in [6.07, 6.45) is 2.92. The van der Waals surface area contributed by atoms with Crippen molar-refractivity contribution in [2.45, 2.75) is 0 Å². The van der Waals surface area contributed by atoms with Crippen LogP contribution in [0.4, 0.5) is 5.69 Å². The van der Waals surface area contributed by atoms with Crippen molar-refractivity contribution in [2.75, 3.05) is 5.32 Å². The van der Waals surface area contributed by atoms with Gasteiger partial charge in [-0.25, -0.2) is 4.79 Å². The zero-order valence-corrected chi connectivity index (χ0v) is 9.70. The molecule has 0 atom stereocenters. The van der Waals surface area contributed by atoms with E-state index in [4.69, 9.17) is 5.11 Å². The molecule has 0 saturated carbocycles. The number of hydrogen-bond donors (Lipinski definition) is 3. The van der Waals surface area contributed by atoms with Gasteiger partial charge in [-0.1, -0.05) is 6.07 Å². The van der Waals surface area contributed by atoms with Crippen molar-refractivity contribution in [1.82, 2.24) is 4.98 Å². The third-order valence-electron chi connectivity index (χ3n) is 2.46. The van der Waals surface area contributed by atoms with Gasteiger partial charge < -0.3 is 15.5 Å². The fraction of sp³-hybridized carbons (Fsp3) is 0. The van der Waals surface area contributed by atoms with E-state index in [9.17, 15) is 14.7 Å². The third kappa shape index (κ3) is 2.68. The van der Waals surface area contributed by atoms with E-state index in [1.807, 2.05) is 0 Å². The number of aromatic nitrogens is 1. The summed E-state index contributed by atoms with van der Waals surface area (Å²) in [5.41, 5.74) is 0.129. The molecular weight excluding hydrogens is 248 g/mol. The van der Waals surface area contributed by atoms with Crippen molar-refractivity contribution in [2.24, 2.45) is 0 Å². The van der Waals surface area contributed by atoms with Crippen molar-refractivity contribution in [3.63, 3.8) is 0 Å². The van der Waals surface area contributed by atoms with E-state index in [2.05, 4.69) is 10.3 Å². The number of carbonyl (C=O) groups excluding carboxylic acids is 1. The molecular formula is C13H10N2O4. The number of aromatic hydroxyl groups is 1. The summed E-state index contributed by atoms with van der Waals surface area (Å²) >= 11 is 0. The van der Waals surface area contributed by atoms with Crippen LogP contribution in [0.3, 0.4) is 0 Å². The number of anilines is 1. The molecule has 0 bridgehead atoms. The van der Waals surface area contributed by atoms with Gasteiger partial charge in [0, 0.05) is 18.0 Å². The van der Waals surface area contributed by atoms with E-state index >= 15 is 0 Å². The van der Waals surface area contributed by atoms with Crippen molar-refractivity contribution < 1.29 is 19.8 Å². The summed E-state index contributed by atoms with van der Waals surface area (Å²) in [7, 11) is 0. The first-order chi connectivity index (χ1) is 9.09. The van der Waals surface area contributed by atoms with Gasteiger partial charge in [-0.2, -0.15) is 0 Å². The molecule has 0 radical (unpaired) electrons. The van der Waals surface area contributed by atoms with Gasteiger partial charge in [0.1, 0.15) is 5.56 Å². The van der Waals surface area contributed by atoms with E-state index < -0.39 is 17.6 Å². The summed E-state index contributed by atoms with van der Waals surface area (Å²) < 4.78 is 0. The molecule has 19 heavy (non-hydrogen) atoms. The Labute approximate surface area is 108 Å². The number of carbonyl (C=O) groups is 2. The summed E-state index contributed by atoms with van der Waals surface area (Å²) in [4.78, 5) is 26.5. The van der Waals surface area contributed by atoms with Crippen LogP contribution in [-0.4, -0.2) is 27.1 Å². The maximum atomic E-state index is 11.9. The molecule has 0 aliphatic heterocycles. The Morgan fingerprint density at radius 1 is 1.11 bits per heavy atom. The van der Waals surface area contributed by atoms with Crippen molar-refractivity contribution >= 4 is 17.6 Å². The number of carboxylic acids is 1. The Kier molecular flexibility index (Phi) is 3.42. The van der Waals surface area contributed by atoms with Crippen molar-refractivity contribution in [3.8, 4) is 5.75 Å². The number of pyridine rings is 1. The Hall–Kier alpha value is -2.89. The minimum absolute atomic E-state index is 0.0433. The molecule has 0 spiro atoms. The van der Waals surface area contributed by atoms with Gasteiger partial charge in [0.25, 0.3) is 5.91 Å². The number of phenols is 1. The Morgan fingerprint density at radius 3 is 2.42 bits per heavy atom. The number of benzene rings is 1. The monoisotopic (exact) mass is 258 g/mol. The number of aromatic carboxylic acids is 1. The topological polar surface area (TPSA) is 99.5 Å². The number of hydrogen-bond acceptors (Lipinski definition) is 4. The first kappa shape index (κ1) is 12.6. The minimum atomic E-state index is -1.27. The maximum Gasteiger partial charge on any atom is 0.339 e. The molecule has 0 aliphatic rings. The highest BCUT2D eigenvalue weighted by molar-refractivity contribution is 6.06. The molecule has 96 valence electrons. The zero-order valence-electron chi connectivity index (χ0n) is 9.70. The molecule has 0 unspecified atom stereocenters. The number of nitrogens with zero attached hydrogens (tertiary/aromatic N) is 1. The quantitative estimate of drug-likeness (QED) is 0.728. The van der Waals surface area contributed by atoms with Crippen LogP contribution in [0.1, 0.15) is 20.7 Å². The molecule has 1 aromatic heterocycles. The Balaban J connectivity index is 2.27. The van der Waals surface area contributed by atoms with Gasteiger partial charge in [0.2, 0.25) is 0 Å². The van der Waals surface area contributed by atoms with Crippen molar-refractivity contribution in [1.29, 1.82) is 0 Å². The number of amides is 1. The number of carboxylic acid groups (broad SMARTS) is 1. The normalized spacial score (nSPS) is 9.89. The van der Waals surface area contributed by atoms with Gasteiger partial charge in [-0.3, -0.25) is 9.78 Å². The highest BCUT2D eigenvalue weighted by atomic mass is 16.4. The van der Waals surface area contributed by atoms with Crippen LogP contribution in [0.15, 0.2) is 42.7 Å². The predicted molar refractivity (Wildman–Crippen MR) is 67.3 cm³/mol. The van der Waals surface area contributed by atoms with E-state index in [-0.39, 0.29) is 11.3 Å². The van der Waals surface area contributed by atoms with E-state index in [0.29, 0.717) is 5.56 Å². The fourth-order valence-electron chi connectivity index (χ4n) is 1.51. The second kappa shape index (κ2) is 5.18. The molecule has 0 aliphatic carbocycles. The lowest BCUT2D eigenvalue weighted by Gasteiger charge is -2.08. The minimum Gasteiger partial charge on any atom is -0.505 e. The molecule has 3 N–H and O–H groups in total. The van der Waals surface area contributed by atoms with Crippen LogP contribution in [0.2, 0.25) is 0 Å². The van der Waals surface area contributed by atoms with E-state index in [1.54, 1.807) is 0 Å². The summed E-state index contributed by atoms with van der Waals surface area (Å²) in [5.74, 6) is -2.20. The number of nitrogens with one attached hydrogen (secondary N) is 1. The Bertz CT molecular complexity index is 626. The van der Waals surface area contributed by atoms with E-state index in [0.717, 1.165) is 0 Å². The molecule has 0 fully saturated rings. The van der Waals surface area contributed by atoms with Crippen LogP contribution >= 0.6 is 0 Å². The first-order valence-electron chi connectivity index (χ1n) is 5.36. The van der Waals surface area contributed by atoms with Gasteiger partial charge in [-0.15, -0.1) is 0 Å². The molecule has 6 heteroatoms. The molecule has 2 aromatic rings. The molecule has 2 rings (SSSR count). The molecule has 1 heterocycles. The number of rotatable bonds is 3. The average Bonchev–Trinajstić information content (AvgIpc) is 2.41. The van der Waals surface area contributed by atoms with Crippen LogP contribution in [0, 0.1) is 0 Å². The SMILES string of the molecule is O=C(Nc1cccc(C(=O)O)c1O)c1ccncc1. The largest absolute Gasteiger partial charge is 0.505 e. The maximum absolute atomic E-state index is 11.9. The zero-order chi connectivity index (χ0) is 13.8. The second-order valence-corrected chi connectivity index (χ2v) is 3.70. The second-order valence-electron chi connectivity index (χ2n) is 3.70. The molecule has 1 amide bonds. The van der Waals surface area contributed by atoms with Gasteiger partial charge in [-0.05, 0) is 24.3 Å². The van der Waals surface area contributed by atoms with Gasteiger partial charge in [0.05, 0.1) is 5.69 Å². The van der Waals surface area contributed by atoms with Crippen LogP contribution in [0.25, 0.3) is 0 Å². The predicted octanol–water partition coefficient (Wildman–Crippen LogP) is 1.74. The lowest BCUT2D eigenvalue weighted by atomic mass is 10.1. The lowest BCUT2D eigenvalue weighted by molar-refractivity contribution is 0.0693. The Morgan fingerprint density at radius 2 is 1.79 bits per heavy atom. The van der Waals surface area contributed by atoms with E-state index in [1.165, 1.54) is 42.7 Å². The first-order valence-corrected chi connectivity index (χ1v) is 5.36. The smallest absolute Gasteiger partial charge is 0.339 e. The van der Waals surface area contributed by atoms with Gasteiger partial charge in [0.15, 0.2) is 5.75 Å². The standard InChI is InChI=1S/C13H10N2O4/c16-11-9(13(18)19)2-1-3-10(11)15-12(17)8-4-6-14-7-5-8/h1-7,16H,(H,15,17)(H,18,19). The lowest BCUT2D eigenvalue weighted by Crippen LogP contribution is -2.12. The molecule has 6 nitrogen and oxygen atoms in total. The fourth-order valence-corrected chi connectivity index (χ4v) is 1.51. The molecule has 0 saturated heterocycles. The number of para-hydroxylation sites is 1. The summed E-state index contributed by atoms with van der Waals surface area (Å²) in [6, 6.07) is 7.12. The third-order valence-corrected chi connectivity index (χ3v) is 2.46. The molecule has 1 aromatic carbocycles.